The number of aromatic hydroxyl groups is 1. The lowest BCUT2D eigenvalue weighted by Crippen LogP contribution is -2.75. The highest BCUT2D eigenvalue weighted by Gasteiger charge is 2.77. The minimum absolute atomic E-state index is 0.0129. The average molecular weight is 665 g/mol. The third kappa shape index (κ3) is 4.60. The van der Waals surface area contributed by atoms with Crippen molar-refractivity contribution in [3.05, 3.63) is 118 Å². The van der Waals surface area contributed by atoms with Gasteiger partial charge in [0.25, 0.3) is 0 Å². The van der Waals surface area contributed by atoms with E-state index in [2.05, 4.69) is 0 Å². The molecule has 0 amide bonds. The zero-order valence-corrected chi connectivity index (χ0v) is 28.7. The van der Waals surface area contributed by atoms with Crippen molar-refractivity contribution in [2.45, 2.75) is 77.9 Å². The van der Waals surface area contributed by atoms with E-state index in [1.54, 1.807) is 33.8 Å². The van der Waals surface area contributed by atoms with Gasteiger partial charge in [0.2, 0.25) is 5.78 Å². The number of benzene rings is 3. The number of phenols is 1. The molecule has 1 unspecified atom stereocenters. The van der Waals surface area contributed by atoms with Crippen LogP contribution < -0.4 is 0 Å². The number of aliphatic hydroxyl groups excluding tert-OH is 3. The molecule has 0 aliphatic heterocycles. The Morgan fingerprint density at radius 1 is 0.857 bits per heavy atom. The molecule has 1 fully saturated rings. The smallest absolute Gasteiger partial charge is 0.203 e. The number of phenolic OH excluding ortho intramolecular Hbond substituents is 1. The van der Waals surface area contributed by atoms with Crippen molar-refractivity contribution in [3.8, 4) is 5.75 Å². The summed E-state index contributed by atoms with van der Waals surface area (Å²) in [7, 11) is 0. The Kier molecular flexibility index (Phi) is 8.28. The molecule has 8 heteroatoms. The number of ketones is 3. The van der Waals surface area contributed by atoms with E-state index in [0.29, 0.717) is 24.0 Å². The van der Waals surface area contributed by atoms with Gasteiger partial charge in [0.1, 0.15) is 22.8 Å². The lowest BCUT2D eigenvalue weighted by atomic mass is 9.40. The monoisotopic (exact) mass is 664 g/mol. The zero-order chi connectivity index (χ0) is 35.8. The van der Waals surface area contributed by atoms with E-state index in [1.165, 1.54) is 6.92 Å². The van der Waals surface area contributed by atoms with Gasteiger partial charge in [0.05, 0.1) is 17.2 Å². The van der Waals surface area contributed by atoms with Crippen LogP contribution >= 0.6 is 0 Å². The molecule has 0 saturated heterocycles. The molecule has 3 aromatic carbocycles. The van der Waals surface area contributed by atoms with Gasteiger partial charge >= 0.3 is 0 Å². The maximum absolute atomic E-state index is 14.8. The third-order valence-corrected chi connectivity index (χ3v) is 12.0. The maximum Gasteiger partial charge on any atom is 0.203 e. The van der Waals surface area contributed by atoms with Crippen LogP contribution in [0.1, 0.15) is 81.2 Å². The topological polar surface area (TPSA) is 152 Å². The molecule has 49 heavy (non-hydrogen) atoms. The molecule has 0 bridgehead atoms. The highest BCUT2D eigenvalue weighted by atomic mass is 16.4. The second-order valence-corrected chi connectivity index (χ2v) is 14.9. The van der Waals surface area contributed by atoms with Gasteiger partial charge < -0.3 is 25.5 Å². The van der Waals surface area contributed by atoms with Crippen LogP contribution in [0.4, 0.5) is 0 Å². The first-order valence-corrected chi connectivity index (χ1v) is 16.9. The fourth-order valence-electron chi connectivity index (χ4n) is 9.36. The molecule has 6 rings (SSSR count). The summed E-state index contributed by atoms with van der Waals surface area (Å²) in [6, 6.07) is 23.3. The van der Waals surface area contributed by atoms with Gasteiger partial charge in [0, 0.05) is 16.7 Å². The molecule has 0 heterocycles. The Bertz CT molecular complexity index is 1880. The van der Waals surface area contributed by atoms with E-state index >= 15 is 0 Å². The largest absolute Gasteiger partial charge is 0.508 e. The van der Waals surface area contributed by atoms with E-state index in [-0.39, 0.29) is 22.8 Å². The summed E-state index contributed by atoms with van der Waals surface area (Å²) < 4.78 is 0. The Labute approximate surface area is 286 Å². The summed E-state index contributed by atoms with van der Waals surface area (Å²) in [5.74, 6) is -7.41. The van der Waals surface area contributed by atoms with Crippen LogP contribution in [-0.2, 0) is 27.2 Å². The Balaban J connectivity index is 1.59. The standard InChI is InChI=1S/C41H44O8/c1-21(2)31-34(44)29(23(4)42)36(46)41(49)37(47)32-35(45)30-27(22(3)39(32,5)38(48)40(31,41)6)17-18-28(33(30)43)26(19-24-13-9-7-10-14-24)20-25-15-11-8-12-16-25/h7-18,21-22,26,31,38,43,45-46,48-49H,19-20H2,1-6H3/t22-,31?,38-,39+,40+,41+/m1/s1. The van der Waals surface area contributed by atoms with Gasteiger partial charge in [-0.1, -0.05) is 107 Å². The summed E-state index contributed by atoms with van der Waals surface area (Å²) in [6.45, 7) is 9.21. The van der Waals surface area contributed by atoms with E-state index in [9.17, 15) is 39.9 Å². The number of rotatable bonds is 7. The highest BCUT2D eigenvalue weighted by Crippen LogP contribution is 2.67. The summed E-state index contributed by atoms with van der Waals surface area (Å²) in [5, 5.41) is 60.5. The average Bonchev–Trinajstić information content (AvgIpc) is 3.05. The summed E-state index contributed by atoms with van der Waals surface area (Å²) in [5.41, 5.74) is -4.41. The molecular weight excluding hydrogens is 620 g/mol. The van der Waals surface area contributed by atoms with E-state index in [1.807, 2.05) is 66.7 Å². The first-order chi connectivity index (χ1) is 23.0. The third-order valence-electron chi connectivity index (χ3n) is 12.0. The van der Waals surface area contributed by atoms with Crippen LogP contribution in [0.2, 0.25) is 0 Å². The molecule has 0 spiro atoms. The molecular formula is C41H44O8. The van der Waals surface area contributed by atoms with Gasteiger partial charge in [0.15, 0.2) is 17.2 Å². The first kappa shape index (κ1) is 34.3. The number of carbonyl (C=O) groups is 3. The quantitative estimate of drug-likeness (QED) is 0.185. The molecule has 1 saturated carbocycles. The molecule has 0 aromatic heterocycles. The Hall–Kier alpha value is -4.53. The minimum Gasteiger partial charge on any atom is -0.508 e. The van der Waals surface area contributed by atoms with Crippen molar-refractivity contribution in [1.82, 2.24) is 0 Å². The summed E-state index contributed by atoms with van der Waals surface area (Å²) in [4.78, 5) is 41.4. The predicted octanol–water partition coefficient (Wildman–Crippen LogP) is 6.29. The van der Waals surface area contributed by atoms with Crippen LogP contribution in [0, 0.1) is 22.7 Å². The van der Waals surface area contributed by atoms with Gasteiger partial charge in [-0.05, 0) is 59.8 Å². The molecule has 5 N–H and O–H groups in total. The predicted molar refractivity (Wildman–Crippen MR) is 185 cm³/mol. The molecule has 8 nitrogen and oxygen atoms in total. The second-order valence-electron chi connectivity index (χ2n) is 14.9. The van der Waals surface area contributed by atoms with Crippen LogP contribution in [0.3, 0.4) is 0 Å². The number of Topliss-reactive ketones (excluding diaryl/α,β-unsaturated/α-hetero) is 3. The Morgan fingerprint density at radius 3 is 1.88 bits per heavy atom. The fraction of sp³-hybridized carbons (Fsp3) is 0.390. The van der Waals surface area contributed by atoms with Crippen molar-refractivity contribution in [3.63, 3.8) is 0 Å². The van der Waals surface area contributed by atoms with Gasteiger partial charge in [-0.25, -0.2) is 0 Å². The van der Waals surface area contributed by atoms with Gasteiger partial charge in [-0.15, -0.1) is 0 Å². The summed E-state index contributed by atoms with van der Waals surface area (Å²) in [6.07, 6.45) is -0.528. The van der Waals surface area contributed by atoms with E-state index in [4.69, 9.17) is 0 Å². The number of fused-ring (bicyclic) bond motifs is 3. The van der Waals surface area contributed by atoms with Crippen LogP contribution in [0.15, 0.2) is 89.7 Å². The van der Waals surface area contributed by atoms with Gasteiger partial charge in [-0.3, -0.25) is 14.4 Å². The van der Waals surface area contributed by atoms with Crippen molar-refractivity contribution >= 4 is 23.1 Å². The highest BCUT2D eigenvalue weighted by molar-refractivity contribution is 6.24. The lowest BCUT2D eigenvalue weighted by molar-refractivity contribution is -0.215. The van der Waals surface area contributed by atoms with Gasteiger partial charge in [-0.2, -0.15) is 0 Å². The van der Waals surface area contributed by atoms with Crippen molar-refractivity contribution < 1.29 is 39.9 Å². The molecule has 3 aliphatic rings. The van der Waals surface area contributed by atoms with Crippen molar-refractivity contribution in [2.24, 2.45) is 22.7 Å². The molecule has 3 aliphatic carbocycles. The van der Waals surface area contributed by atoms with Crippen molar-refractivity contribution in [1.29, 1.82) is 0 Å². The maximum atomic E-state index is 14.8. The normalized spacial score (nSPS) is 29.6. The van der Waals surface area contributed by atoms with Crippen LogP contribution in [-0.4, -0.2) is 54.6 Å². The van der Waals surface area contributed by atoms with Crippen LogP contribution in [0.5, 0.6) is 5.75 Å². The fourth-order valence-corrected chi connectivity index (χ4v) is 9.36. The SMILES string of the molecule is CC(=O)C1=C(O)[C@]2(O)C(=O)C3=C(O)c4c(ccc(C(Cc5ccccc5)Cc5ccccc5)c4O)[C@@H](C)[C@]3(C)[C@@H](O)[C@]2(C)C(C(C)C)C1=O. The van der Waals surface area contributed by atoms with E-state index in [0.717, 1.165) is 18.1 Å². The minimum atomic E-state index is -2.92. The van der Waals surface area contributed by atoms with E-state index < -0.39 is 74.7 Å². The van der Waals surface area contributed by atoms with Crippen LogP contribution in [0.25, 0.3) is 5.76 Å². The number of carbonyl (C=O) groups excluding carboxylic acids is 3. The zero-order valence-electron chi connectivity index (χ0n) is 28.7. The second kappa shape index (κ2) is 11.8. The number of aliphatic hydroxyl groups is 4. The number of hydrogen-bond acceptors (Lipinski definition) is 8. The van der Waals surface area contributed by atoms with Crippen molar-refractivity contribution in [2.75, 3.05) is 0 Å². The first-order valence-electron chi connectivity index (χ1n) is 16.9. The Morgan fingerprint density at radius 2 is 1.39 bits per heavy atom. The molecule has 256 valence electrons. The molecule has 0 radical (unpaired) electrons. The number of allylic oxidation sites excluding steroid dienone is 1. The summed E-state index contributed by atoms with van der Waals surface area (Å²) >= 11 is 0. The number of hydrogen-bond donors (Lipinski definition) is 5. The molecule has 6 atom stereocenters. The molecule has 3 aromatic rings. The lowest BCUT2D eigenvalue weighted by Gasteiger charge is -2.63.